The number of aromatic nitrogens is 2. The van der Waals surface area contributed by atoms with Crippen molar-refractivity contribution in [2.24, 2.45) is 0 Å². The number of aliphatic hydroxyl groups is 1. The lowest BCUT2D eigenvalue weighted by atomic mass is 10.2. The zero-order valence-electron chi connectivity index (χ0n) is 13.1. The van der Waals surface area contributed by atoms with Gasteiger partial charge in [-0.2, -0.15) is 0 Å². The highest BCUT2D eigenvalue weighted by atomic mass is 35.5. The number of hydrogen-bond acceptors (Lipinski definition) is 4. The number of aryl methyl sites for hydroxylation is 1. The molecule has 1 N–H and O–H groups in total. The molecule has 0 spiro atoms. The molecule has 24 heavy (non-hydrogen) atoms. The number of nitrogens with zero attached hydrogens (tertiary/aromatic N) is 2. The van der Waals surface area contributed by atoms with E-state index in [0.717, 1.165) is 5.56 Å². The lowest BCUT2D eigenvalue weighted by molar-refractivity contribution is 0.0915. The monoisotopic (exact) mass is 344 g/mol. The van der Waals surface area contributed by atoms with Crippen LogP contribution in [0.3, 0.4) is 0 Å². The Hall–Kier alpha value is -2.37. The number of ether oxygens (including phenoxy) is 1. The normalized spacial score (nSPS) is 12.3. The highest BCUT2D eigenvalue weighted by Gasteiger charge is 2.10. The van der Waals surface area contributed by atoms with Gasteiger partial charge in [0.2, 0.25) is 0 Å². The molecule has 0 aliphatic carbocycles. The number of halogens is 1. The zero-order valence-corrected chi connectivity index (χ0v) is 13.9. The number of hydrogen-bond donors (Lipinski definition) is 1. The molecule has 6 heteroatoms. The third-order valence-electron chi connectivity index (χ3n) is 3.66. The second-order valence-corrected chi connectivity index (χ2v) is 6.08. The van der Waals surface area contributed by atoms with E-state index in [1.807, 2.05) is 31.2 Å². The maximum Gasteiger partial charge on any atom is 0.261 e. The van der Waals surface area contributed by atoms with Crippen LogP contribution in [0.2, 0.25) is 5.02 Å². The van der Waals surface area contributed by atoms with E-state index >= 15 is 0 Å². The zero-order chi connectivity index (χ0) is 17.1. The number of benzene rings is 2. The van der Waals surface area contributed by atoms with Crippen molar-refractivity contribution in [3.05, 3.63) is 69.7 Å². The minimum Gasteiger partial charge on any atom is -0.491 e. The third kappa shape index (κ3) is 3.75. The first kappa shape index (κ1) is 16.5. The van der Waals surface area contributed by atoms with Gasteiger partial charge in [-0.3, -0.25) is 9.36 Å². The maximum atomic E-state index is 12.4. The fourth-order valence-corrected chi connectivity index (χ4v) is 2.53. The summed E-state index contributed by atoms with van der Waals surface area (Å²) in [6.45, 7) is 2.19. The van der Waals surface area contributed by atoms with E-state index < -0.39 is 6.10 Å². The number of aliphatic hydroxyl groups excluding tert-OH is 1. The Morgan fingerprint density at radius 3 is 2.75 bits per heavy atom. The van der Waals surface area contributed by atoms with Gasteiger partial charge in [0.25, 0.3) is 5.56 Å². The summed E-state index contributed by atoms with van der Waals surface area (Å²) in [5.41, 5.74) is 1.46. The van der Waals surface area contributed by atoms with E-state index in [9.17, 15) is 9.90 Å². The number of rotatable bonds is 5. The molecule has 0 unspecified atom stereocenters. The summed E-state index contributed by atoms with van der Waals surface area (Å²) in [5.74, 6) is 0.679. The fraction of sp³-hybridized carbons (Fsp3) is 0.222. The second-order valence-electron chi connectivity index (χ2n) is 5.64. The van der Waals surface area contributed by atoms with Crippen molar-refractivity contribution in [2.45, 2.75) is 19.6 Å². The first-order valence-corrected chi connectivity index (χ1v) is 7.93. The van der Waals surface area contributed by atoms with Crippen LogP contribution in [0.5, 0.6) is 5.75 Å². The average Bonchev–Trinajstić information content (AvgIpc) is 2.57. The summed E-state index contributed by atoms with van der Waals surface area (Å²) >= 11 is 5.90. The van der Waals surface area contributed by atoms with E-state index in [1.165, 1.54) is 10.9 Å². The van der Waals surface area contributed by atoms with Gasteiger partial charge >= 0.3 is 0 Å². The van der Waals surface area contributed by atoms with Gasteiger partial charge in [-0.05, 0) is 37.3 Å². The van der Waals surface area contributed by atoms with Crippen LogP contribution >= 0.6 is 11.6 Å². The molecule has 2 aromatic carbocycles. The van der Waals surface area contributed by atoms with Crippen molar-refractivity contribution < 1.29 is 9.84 Å². The van der Waals surface area contributed by atoms with E-state index in [1.54, 1.807) is 18.2 Å². The molecule has 0 bridgehead atoms. The molecule has 0 saturated heterocycles. The lowest BCUT2D eigenvalue weighted by Gasteiger charge is -2.14. The topological polar surface area (TPSA) is 64.3 Å². The summed E-state index contributed by atoms with van der Waals surface area (Å²) in [7, 11) is 0. The van der Waals surface area contributed by atoms with Crippen molar-refractivity contribution in [2.75, 3.05) is 6.61 Å². The van der Waals surface area contributed by atoms with E-state index in [0.29, 0.717) is 21.7 Å². The molecule has 0 saturated carbocycles. The molecule has 1 atom stereocenters. The summed E-state index contributed by atoms with van der Waals surface area (Å²) in [6.07, 6.45) is 0.589. The Morgan fingerprint density at radius 1 is 1.25 bits per heavy atom. The predicted octanol–water partition coefficient (Wildman–Crippen LogP) is 2.80. The average molecular weight is 345 g/mol. The maximum absolute atomic E-state index is 12.4. The molecule has 0 fully saturated rings. The standard InChI is InChI=1S/C18H17ClN2O3/c1-12-2-5-15(6-3-12)24-10-14(22)9-21-11-20-17-8-13(19)4-7-16(17)18(21)23/h2-8,11,14,22H,9-10H2,1H3/t14-/m0/s1. The van der Waals surface area contributed by atoms with Crippen molar-refractivity contribution >= 4 is 22.5 Å². The van der Waals surface area contributed by atoms with Crippen LogP contribution < -0.4 is 10.3 Å². The summed E-state index contributed by atoms with van der Waals surface area (Å²) < 4.78 is 6.91. The molecule has 0 aliphatic rings. The Labute approximate surface area is 144 Å². The molecule has 3 aromatic rings. The van der Waals surface area contributed by atoms with Gasteiger partial charge in [-0.1, -0.05) is 29.3 Å². The van der Waals surface area contributed by atoms with E-state index in [4.69, 9.17) is 16.3 Å². The Kier molecular flexibility index (Phi) is 4.83. The first-order chi connectivity index (χ1) is 11.5. The Morgan fingerprint density at radius 2 is 2.00 bits per heavy atom. The summed E-state index contributed by atoms with van der Waals surface area (Å²) in [4.78, 5) is 16.6. The minimum atomic E-state index is -0.824. The molecular formula is C18H17ClN2O3. The number of fused-ring (bicyclic) bond motifs is 1. The summed E-state index contributed by atoms with van der Waals surface area (Å²) in [5, 5.41) is 11.1. The van der Waals surface area contributed by atoms with E-state index in [2.05, 4.69) is 4.98 Å². The molecule has 1 heterocycles. The minimum absolute atomic E-state index is 0.0914. The van der Waals surface area contributed by atoms with E-state index in [-0.39, 0.29) is 18.7 Å². The van der Waals surface area contributed by atoms with Crippen molar-refractivity contribution in [1.29, 1.82) is 0 Å². The molecule has 5 nitrogen and oxygen atoms in total. The van der Waals surface area contributed by atoms with Crippen LogP contribution in [0.1, 0.15) is 5.56 Å². The SMILES string of the molecule is Cc1ccc(OC[C@@H](O)Cn2cnc3cc(Cl)ccc3c2=O)cc1. The second kappa shape index (κ2) is 7.03. The predicted molar refractivity (Wildman–Crippen MR) is 93.7 cm³/mol. The van der Waals surface area contributed by atoms with Crippen LogP contribution in [0.4, 0.5) is 0 Å². The lowest BCUT2D eigenvalue weighted by Crippen LogP contribution is -2.30. The van der Waals surface area contributed by atoms with Gasteiger partial charge in [-0.15, -0.1) is 0 Å². The molecule has 0 amide bonds. The third-order valence-corrected chi connectivity index (χ3v) is 3.89. The quantitative estimate of drug-likeness (QED) is 0.773. The Bertz CT molecular complexity index is 906. The van der Waals surface area contributed by atoms with Crippen LogP contribution in [-0.4, -0.2) is 27.4 Å². The largest absolute Gasteiger partial charge is 0.491 e. The first-order valence-electron chi connectivity index (χ1n) is 7.55. The van der Waals surface area contributed by atoms with Crippen molar-refractivity contribution in [3.8, 4) is 5.75 Å². The molecule has 124 valence electrons. The molecule has 3 rings (SSSR count). The fourth-order valence-electron chi connectivity index (χ4n) is 2.37. The van der Waals surface area contributed by atoms with Crippen molar-refractivity contribution in [3.63, 3.8) is 0 Å². The van der Waals surface area contributed by atoms with Crippen LogP contribution in [-0.2, 0) is 6.54 Å². The van der Waals surface area contributed by atoms with Crippen LogP contribution in [0.15, 0.2) is 53.6 Å². The van der Waals surface area contributed by atoms with Gasteiger partial charge in [0.15, 0.2) is 0 Å². The van der Waals surface area contributed by atoms with Crippen LogP contribution in [0.25, 0.3) is 10.9 Å². The smallest absolute Gasteiger partial charge is 0.261 e. The highest BCUT2D eigenvalue weighted by Crippen LogP contribution is 2.14. The molecular weight excluding hydrogens is 328 g/mol. The Balaban J connectivity index is 1.70. The molecule has 0 radical (unpaired) electrons. The van der Waals surface area contributed by atoms with Gasteiger partial charge in [-0.25, -0.2) is 4.98 Å². The van der Waals surface area contributed by atoms with Gasteiger partial charge in [0.1, 0.15) is 18.5 Å². The van der Waals surface area contributed by atoms with Crippen LogP contribution in [0, 0.1) is 6.92 Å². The van der Waals surface area contributed by atoms with Crippen molar-refractivity contribution in [1.82, 2.24) is 9.55 Å². The molecule has 0 aliphatic heterocycles. The highest BCUT2D eigenvalue weighted by molar-refractivity contribution is 6.31. The molecule has 1 aromatic heterocycles. The van der Waals surface area contributed by atoms with Gasteiger partial charge in [0, 0.05) is 5.02 Å². The van der Waals surface area contributed by atoms with Gasteiger partial charge < -0.3 is 9.84 Å². The van der Waals surface area contributed by atoms with Gasteiger partial charge in [0.05, 0.1) is 23.8 Å². The summed E-state index contributed by atoms with van der Waals surface area (Å²) in [6, 6.07) is 12.5.